The average Bonchev–Trinajstić information content (AvgIpc) is 2.62. The van der Waals surface area contributed by atoms with Crippen molar-refractivity contribution < 1.29 is 9.90 Å². The van der Waals surface area contributed by atoms with Gasteiger partial charge in [0.1, 0.15) is 5.88 Å². The van der Waals surface area contributed by atoms with Crippen molar-refractivity contribution in [3.63, 3.8) is 0 Å². The first-order chi connectivity index (χ1) is 11.2. The molecule has 0 radical (unpaired) electrons. The quantitative estimate of drug-likeness (QED) is 0.813. The summed E-state index contributed by atoms with van der Waals surface area (Å²) in [4.78, 5) is 14.0. The number of amides is 1. The number of nitrogens with zero attached hydrogens (tertiary/aromatic N) is 2. The number of alkyl halides is 1. The Bertz CT molecular complexity index is 564. The number of carbonyl (C=O) groups excluding carboxylic acids is 1. The summed E-state index contributed by atoms with van der Waals surface area (Å²) in [5.41, 5.74) is 1.45. The molecule has 1 fully saturated rings. The number of aliphatic hydroxyl groups excluding tert-OH is 1. The smallest absolute Gasteiger partial charge is 0.238 e. The molecule has 1 amide bonds. The van der Waals surface area contributed by atoms with Crippen LogP contribution in [-0.4, -0.2) is 34.4 Å². The Morgan fingerprint density at radius 1 is 1.39 bits per heavy atom. The van der Waals surface area contributed by atoms with E-state index in [1.807, 2.05) is 12.1 Å². The van der Waals surface area contributed by atoms with Gasteiger partial charge in [0.25, 0.3) is 0 Å². The molecule has 0 aliphatic heterocycles. The summed E-state index contributed by atoms with van der Waals surface area (Å²) in [6.07, 6.45) is 5.59. The number of benzene rings is 1. The van der Waals surface area contributed by atoms with Crippen LogP contribution in [0, 0.1) is 17.2 Å². The topological polar surface area (TPSA) is 64.3 Å². The zero-order valence-corrected chi connectivity index (χ0v) is 14.0. The zero-order valence-electron chi connectivity index (χ0n) is 13.2. The Kier molecular flexibility index (Phi) is 6.88. The van der Waals surface area contributed by atoms with Crippen LogP contribution in [0.2, 0.25) is 0 Å². The minimum atomic E-state index is -0.202. The van der Waals surface area contributed by atoms with Gasteiger partial charge in [0.05, 0.1) is 24.3 Å². The van der Waals surface area contributed by atoms with Crippen LogP contribution in [0.25, 0.3) is 0 Å². The van der Waals surface area contributed by atoms with Crippen molar-refractivity contribution >= 4 is 17.5 Å². The van der Waals surface area contributed by atoms with Gasteiger partial charge in [-0.15, -0.1) is 11.6 Å². The Labute approximate surface area is 142 Å². The highest BCUT2D eigenvalue weighted by atomic mass is 35.5. The number of carbonyl (C=O) groups is 1. The highest BCUT2D eigenvalue weighted by Gasteiger charge is 2.31. The fraction of sp³-hybridized carbons (Fsp3) is 0.556. The van der Waals surface area contributed by atoms with Crippen LogP contribution in [0.5, 0.6) is 0 Å². The van der Waals surface area contributed by atoms with Crippen molar-refractivity contribution in [1.29, 1.82) is 5.26 Å². The van der Waals surface area contributed by atoms with E-state index in [0.717, 1.165) is 31.2 Å². The summed E-state index contributed by atoms with van der Waals surface area (Å²) in [5.74, 6) is 0.0555. The second kappa shape index (κ2) is 8.90. The van der Waals surface area contributed by atoms with Gasteiger partial charge in [0.15, 0.2) is 0 Å². The van der Waals surface area contributed by atoms with E-state index in [0.29, 0.717) is 18.0 Å². The first kappa shape index (κ1) is 17.8. The number of halogens is 1. The van der Waals surface area contributed by atoms with Crippen LogP contribution in [0.15, 0.2) is 24.3 Å². The number of nitriles is 1. The van der Waals surface area contributed by atoms with Gasteiger partial charge in [-0.1, -0.05) is 31.4 Å². The SMILES string of the molecule is N#Cc1cccc(CN(C(=O)CCl)[C@@H](CO)C2CCCCC2)c1. The molecule has 1 N–H and O–H groups in total. The van der Waals surface area contributed by atoms with Gasteiger partial charge in [-0.05, 0) is 36.5 Å². The minimum absolute atomic E-state index is 0.0504. The van der Waals surface area contributed by atoms with Gasteiger partial charge in [-0.25, -0.2) is 0 Å². The highest BCUT2D eigenvalue weighted by molar-refractivity contribution is 6.27. The third kappa shape index (κ3) is 4.70. The van der Waals surface area contributed by atoms with Crippen molar-refractivity contribution in [1.82, 2.24) is 4.90 Å². The summed E-state index contributed by atoms with van der Waals surface area (Å²) in [5, 5.41) is 18.9. The van der Waals surface area contributed by atoms with Crippen molar-refractivity contribution in [2.24, 2.45) is 5.92 Å². The van der Waals surface area contributed by atoms with Gasteiger partial charge in [-0.2, -0.15) is 5.26 Å². The third-order valence-corrected chi connectivity index (χ3v) is 4.85. The highest BCUT2D eigenvalue weighted by Crippen LogP contribution is 2.30. The monoisotopic (exact) mass is 334 g/mol. The first-order valence-corrected chi connectivity index (χ1v) is 8.68. The normalized spacial score (nSPS) is 16.6. The molecular weight excluding hydrogens is 312 g/mol. The summed E-state index contributed by atoms with van der Waals surface area (Å²) in [7, 11) is 0. The van der Waals surface area contributed by atoms with E-state index in [2.05, 4.69) is 6.07 Å². The van der Waals surface area contributed by atoms with Gasteiger partial charge in [0.2, 0.25) is 5.91 Å². The summed E-state index contributed by atoms with van der Waals surface area (Å²) in [6.45, 7) is 0.327. The van der Waals surface area contributed by atoms with Gasteiger partial charge in [0, 0.05) is 6.54 Å². The zero-order chi connectivity index (χ0) is 16.7. The molecule has 1 aliphatic rings. The molecule has 1 aromatic rings. The molecule has 1 saturated carbocycles. The van der Waals surface area contributed by atoms with Gasteiger partial charge < -0.3 is 10.0 Å². The van der Waals surface area contributed by atoms with Crippen molar-refractivity contribution in [3.05, 3.63) is 35.4 Å². The molecule has 4 nitrogen and oxygen atoms in total. The first-order valence-electron chi connectivity index (χ1n) is 8.15. The summed E-state index contributed by atoms with van der Waals surface area (Å²) < 4.78 is 0. The molecule has 0 saturated heterocycles. The predicted octanol–water partition coefficient (Wildman–Crippen LogP) is 3.07. The molecule has 124 valence electrons. The molecule has 1 atom stereocenters. The van der Waals surface area contributed by atoms with E-state index < -0.39 is 0 Å². The van der Waals surface area contributed by atoms with Crippen LogP contribution in [0.1, 0.15) is 43.2 Å². The minimum Gasteiger partial charge on any atom is -0.394 e. The Hall–Kier alpha value is -1.57. The van der Waals surface area contributed by atoms with Gasteiger partial charge >= 0.3 is 0 Å². The molecule has 0 bridgehead atoms. The molecule has 1 aromatic carbocycles. The lowest BCUT2D eigenvalue weighted by molar-refractivity contribution is -0.134. The number of hydrogen-bond donors (Lipinski definition) is 1. The fourth-order valence-electron chi connectivity index (χ4n) is 3.42. The molecule has 0 unspecified atom stereocenters. The van der Waals surface area contributed by atoms with E-state index in [4.69, 9.17) is 16.9 Å². The van der Waals surface area contributed by atoms with Crippen LogP contribution in [-0.2, 0) is 11.3 Å². The fourth-order valence-corrected chi connectivity index (χ4v) is 3.58. The van der Waals surface area contributed by atoms with Gasteiger partial charge in [-0.3, -0.25) is 4.79 Å². The number of aliphatic hydroxyl groups is 1. The molecule has 5 heteroatoms. The Morgan fingerprint density at radius 3 is 2.74 bits per heavy atom. The van der Waals surface area contributed by atoms with Crippen molar-refractivity contribution in [2.45, 2.75) is 44.7 Å². The molecular formula is C18H23ClN2O2. The second-order valence-electron chi connectivity index (χ2n) is 6.12. The molecule has 0 aromatic heterocycles. The number of hydrogen-bond acceptors (Lipinski definition) is 3. The average molecular weight is 335 g/mol. The maximum Gasteiger partial charge on any atom is 0.238 e. The van der Waals surface area contributed by atoms with E-state index in [1.54, 1.807) is 17.0 Å². The Balaban J connectivity index is 2.20. The third-order valence-electron chi connectivity index (χ3n) is 4.63. The van der Waals surface area contributed by atoms with E-state index >= 15 is 0 Å². The van der Waals surface area contributed by atoms with Crippen LogP contribution in [0.3, 0.4) is 0 Å². The van der Waals surface area contributed by atoms with Crippen LogP contribution in [0.4, 0.5) is 0 Å². The van der Waals surface area contributed by atoms with E-state index in [-0.39, 0.29) is 24.4 Å². The summed E-state index contributed by atoms with van der Waals surface area (Å²) >= 11 is 5.79. The van der Waals surface area contributed by atoms with Crippen molar-refractivity contribution in [2.75, 3.05) is 12.5 Å². The second-order valence-corrected chi connectivity index (χ2v) is 6.38. The predicted molar refractivity (Wildman–Crippen MR) is 89.9 cm³/mol. The molecule has 0 spiro atoms. The number of rotatable bonds is 6. The maximum absolute atomic E-state index is 12.3. The molecule has 2 rings (SSSR count). The lowest BCUT2D eigenvalue weighted by Crippen LogP contribution is -2.47. The largest absolute Gasteiger partial charge is 0.394 e. The van der Waals surface area contributed by atoms with E-state index in [1.165, 1.54) is 6.42 Å². The lowest BCUT2D eigenvalue weighted by atomic mass is 9.83. The molecule has 0 heterocycles. The van der Waals surface area contributed by atoms with Crippen LogP contribution < -0.4 is 0 Å². The molecule has 1 aliphatic carbocycles. The molecule has 23 heavy (non-hydrogen) atoms. The van der Waals surface area contributed by atoms with Crippen molar-refractivity contribution in [3.8, 4) is 6.07 Å². The maximum atomic E-state index is 12.3. The lowest BCUT2D eigenvalue weighted by Gasteiger charge is -2.37. The standard InChI is InChI=1S/C18H23ClN2O2/c19-10-18(23)21(12-15-6-4-5-14(9-15)11-20)17(13-22)16-7-2-1-3-8-16/h4-6,9,16-17,22H,1-3,7-8,10,12-13H2/t17-/m0/s1. The Morgan fingerprint density at radius 2 is 2.13 bits per heavy atom. The summed E-state index contributed by atoms with van der Waals surface area (Å²) in [6, 6.07) is 9.13. The van der Waals surface area contributed by atoms with Crippen LogP contribution >= 0.6 is 11.6 Å². The van der Waals surface area contributed by atoms with E-state index in [9.17, 15) is 9.90 Å².